The van der Waals surface area contributed by atoms with Gasteiger partial charge in [0, 0.05) is 0 Å². The van der Waals surface area contributed by atoms with Gasteiger partial charge in [0.15, 0.2) is 0 Å². The summed E-state index contributed by atoms with van der Waals surface area (Å²) in [6.45, 7) is 9.46. The molecule has 112 valence electrons. The zero-order valence-electron chi connectivity index (χ0n) is 13.3. The molecule has 0 aliphatic heterocycles. The number of hydrogen-bond acceptors (Lipinski definition) is 0. The Morgan fingerprint density at radius 2 is 0.722 bits per heavy atom. The van der Waals surface area contributed by atoms with Crippen LogP contribution in [-0.4, -0.2) is 13.6 Å². The van der Waals surface area contributed by atoms with Crippen LogP contribution in [0.3, 0.4) is 0 Å². The minimum absolute atomic E-state index is 0. The summed E-state index contributed by atoms with van der Waals surface area (Å²) in [4.78, 5) is 0. The molecule has 0 nitrogen and oxygen atoms in total. The van der Waals surface area contributed by atoms with Crippen molar-refractivity contribution in [3.05, 3.63) is 0 Å². The van der Waals surface area contributed by atoms with Crippen molar-refractivity contribution in [2.45, 2.75) is 99.9 Å². The molecule has 0 heterocycles. The summed E-state index contributed by atoms with van der Waals surface area (Å²) in [6, 6.07) is 0. The standard InChI is InChI=1S/C16H36As.FH/c1-5-9-13-17(14-10-6-2,15-11-7-3)16-12-8-4;/h5-16H2,1-4H3;1H/q+1;/p-1. The fourth-order valence-electron chi connectivity index (χ4n) is 2.64. The van der Waals surface area contributed by atoms with E-state index >= 15 is 0 Å². The quantitative estimate of drug-likeness (QED) is 0.481. The first-order valence-electron chi connectivity index (χ1n) is 8.09. The Kier molecular flexibility index (Phi) is 16.1. The Bertz CT molecular complexity index is 122. The van der Waals surface area contributed by atoms with E-state index in [-0.39, 0.29) is 4.70 Å². The van der Waals surface area contributed by atoms with Crippen LogP contribution in [0.2, 0.25) is 20.8 Å². The van der Waals surface area contributed by atoms with E-state index in [1.54, 1.807) is 20.8 Å². The smallest absolute Gasteiger partial charge is 1.00 e. The molecule has 0 amide bonds. The zero-order chi connectivity index (χ0) is 13.0. The van der Waals surface area contributed by atoms with Crippen molar-refractivity contribution in [2.75, 3.05) is 0 Å². The molecule has 0 aliphatic carbocycles. The van der Waals surface area contributed by atoms with Gasteiger partial charge in [0.1, 0.15) is 0 Å². The number of rotatable bonds is 12. The van der Waals surface area contributed by atoms with E-state index in [2.05, 4.69) is 27.7 Å². The second-order valence-corrected chi connectivity index (χ2v) is 15.0. The van der Waals surface area contributed by atoms with E-state index in [4.69, 9.17) is 0 Å². The molecular formula is C16H36AsF. The zero-order valence-corrected chi connectivity index (χ0v) is 15.2. The maximum atomic E-state index is 2.37. The van der Waals surface area contributed by atoms with Crippen molar-refractivity contribution >= 4 is 13.6 Å². The monoisotopic (exact) mass is 322 g/mol. The molecule has 0 unspecified atom stereocenters. The summed E-state index contributed by atoms with van der Waals surface area (Å²) in [5, 5.41) is 6.65. The Morgan fingerprint density at radius 3 is 0.889 bits per heavy atom. The van der Waals surface area contributed by atoms with Gasteiger partial charge in [-0.1, -0.05) is 0 Å². The number of unbranched alkanes of at least 4 members (excludes halogenated alkanes) is 4. The van der Waals surface area contributed by atoms with Crippen LogP contribution in [0.5, 0.6) is 0 Å². The van der Waals surface area contributed by atoms with Gasteiger partial charge in [0.05, 0.1) is 0 Å². The molecule has 0 saturated heterocycles. The van der Waals surface area contributed by atoms with Crippen LogP contribution in [0, 0.1) is 0 Å². The molecule has 0 atom stereocenters. The van der Waals surface area contributed by atoms with Crippen LogP contribution in [0.15, 0.2) is 0 Å². The number of halogens is 1. The van der Waals surface area contributed by atoms with Gasteiger partial charge in [-0.15, -0.1) is 0 Å². The fourth-order valence-corrected chi connectivity index (χ4v) is 13.7. The van der Waals surface area contributed by atoms with Crippen LogP contribution in [0.4, 0.5) is 0 Å². The van der Waals surface area contributed by atoms with Gasteiger partial charge in [0.25, 0.3) is 0 Å². The van der Waals surface area contributed by atoms with Crippen LogP contribution in [0.25, 0.3) is 0 Å². The first kappa shape index (κ1) is 20.8. The molecule has 0 saturated carbocycles. The molecule has 0 spiro atoms. The van der Waals surface area contributed by atoms with Gasteiger partial charge >= 0.3 is 113 Å². The van der Waals surface area contributed by atoms with Crippen LogP contribution < -0.4 is 4.70 Å². The molecule has 0 N–H and O–H groups in total. The van der Waals surface area contributed by atoms with E-state index in [1.165, 1.54) is 51.4 Å². The first-order valence-corrected chi connectivity index (χ1v) is 13.4. The Labute approximate surface area is 118 Å². The average Bonchev–Trinajstić information content (AvgIpc) is 2.37. The molecule has 0 fully saturated rings. The fraction of sp³-hybridized carbons (Fsp3) is 1.00. The van der Waals surface area contributed by atoms with Gasteiger partial charge in [0.2, 0.25) is 0 Å². The Balaban J connectivity index is 0. The maximum Gasteiger partial charge on any atom is -1.00 e. The second kappa shape index (κ2) is 13.9. The summed E-state index contributed by atoms with van der Waals surface area (Å²) in [5.41, 5.74) is 0. The van der Waals surface area contributed by atoms with E-state index in [1.807, 2.05) is 0 Å². The average molecular weight is 322 g/mol. The normalized spacial score (nSPS) is 11.3. The summed E-state index contributed by atoms with van der Waals surface area (Å²) >= 11 is -1.26. The molecular weight excluding hydrogens is 286 g/mol. The molecule has 18 heavy (non-hydrogen) atoms. The van der Waals surface area contributed by atoms with E-state index in [0.29, 0.717) is 0 Å². The molecule has 0 rings (SSSR count). The van der Waals surface area contributed by atoms with Gasteiger partial charge in [-0.25, -0.2) is 0 Å². The van der Waals surface area contributed by atoms with E-state index in [0.717, 1.165) is 0 Å². The molecule has 0 aliphatic rings. The SMILES string of the molecule is CCCC[As+](CCCC)(CCCC)CCCC.[F-]. The summed E-state index contributed by atoms with van der Waals surface area (Å²) in [7, 11) is 0. The summed E-state index contributed by atoms with van der Waals surface area (Å²) in [5.74, 6) is 0. The molecule has 0 aromatic carbocycles. The second-order valence-electron chi connectivity index (χ2n) is 5.65. The van der Waals surface area contributed by atoms with Gasteiger partial charge in [-0.2, -0.15) is 0 Å². The third-order valence-corrected chi connectivity index (χ3v) is 14.6. The Morgan fingerprint density at radius 1 is 0.500 bits per heavy atom. The minimum Gasteiger partial charge on any atom is -1.00 e. The predicted molar refractivity (Wildman–Crippen MR) is 84.6 cm³/mol. The van der Waals surface area contributed by atoms with Gasteiger partial charge in [-0.3, -0.25) is 0 Å². The molecule has 0 radical (unpaired) electrons. The number of hydrogen-bond donors (Lipinski definition) is 0. The maximum absolute atomic E-state index is 2.37. The van der Waals surface area contributed by atoms with E-state index < -0.39 is 13.6 Å². The van der Waals surface area contributed by atoms with Crippen LogP contribution in [0.1, 0.15) is 79.1 Å². The third kappa shape index (κ3) is 9.42. The van der Waals surface area contributed by atoms with Crippen LogP contribution >= 0.6 is 0 Å². The molecule has 0 aromatic heterocycles. The minimum atomic E-state index is -1.26. The van der Waals surface area contributed by atoms with Crippen molar-refractivity contribution in [3.63, 3.8) is 0 Å². The van der Waals surface area contributed by atoms with Gasteiger partial charge in [-0.05, 0) is 0 Å². The summed E-state index contributed by atoms with van der Waals surface area (Å²) in [6.07, 6.45) is 11.7. The van der Waals surface area contributed by atoms with E-state index in [9.17, 15) is 0 Å². The molecule has 0 bridgehead atoms. The Hall–Kier alpha value is 0.488. The molecule has 2 heteroatoms. The van der Waals surface area contributed by atoms with Crippen molar-refractivity contribution in [2.24, 2.45) is 0 Å². The summed E-state index contributed by atoms with van der Waals surface area (Å²) < 4.78 is 0. The van der Waals surface area contributed by atoms with Crippen molar-refractivity contribution in [3.8, 4) is 0 Å². The molecule has 0 aromatic rings. The van der Waals surface area contributed by atoms with Gasteiger partial charge < -0.3 is 4.70 Å². The van der Waals surface area contributed by atoms with Crippen molar-refractivity contribution < 1.29 is 4.70 Å². The predicted octanol–water partition coefficient (Wildman–Crippen LogP) is 3.64. The van der Waals surface area contributed by atoms with Crippen molar-refractivity contribution in [1.82, 2.24) is 0 Å². The third-order valence-electron chi connectivity index (χ3n) is 3.94. The largest absolute Gasteiger partial charge is 1.00 e. The van der Waals surface area contributed by atoms with Crippen molar-refractivity contribution in [1.29, 1.82) is 0 Å². The first-order chi connectivity index (χ1) is 8.24. The topological polar surface area (TPSA) is 0 Å². The van der Waals surface area contributed by atoms with Crippen LogP contribution in [-0.2, 0) is 0 Å².